The summed E-state index contributed by atoms with van der Waals surface area (Å²) in [4.78, 5) is 12.5. The third kappa shape index (κ3) is 6.40. The molecule has 1 aromatic rings. The summed E-state index contributed by atoms with van der Waals surface area (Å²) in [7, 11) is 1.60. The van der Waals surface area contributed by atoms with Gasteiger partial charge in [0.2, 0.25) is 5.91 Å². The van der Waals surface area contributed by atoms with Crippen LogP contribution in [0.5, 0.6) is 0 Å². The van der Waals surface area contributed by atoms with Crippen molar-refractivity contribution in [3.63, 3.8) is 0 Å². The number of hydrogen-bond donors (Lipinski definition) is 1. The second-order valence-corrected chi connectivity index (χ2v) is 9.46. The zero-order valence-electron chi connectivity index (χ0n) is 11.2. The minimum absolute atomic E-state index is 0.00856. The summed E-state index contributed by atoms with van der Waals surface area (Å²) in [5.41, 5.74) is -0.0348. The highest BCUT2D eigenvalue weighted by atomic mass is 35.7. The van der Waals surface area contributed by atoms with Crippen molar-refractivity contribution in [2.24, 2.45) is 5.41 Å². The molecule has 0 spiro atoms. The van der Waals surface area contributed by atoms with Crippen LogP contribution in [-0.2, 0) is 20.3 Å². The van der Waals surface area contributed by atoms with E-state index in [1.165, 1.54) is 6.07 Å². The second-order valence-electron chi connectivity index (χ2n) is 5.50. The number of carbonyl (C=O) groups is 1. The molecule has 1 amide bonds. The molecular formula is C12H18ClNO3S2. The molecule has 4 nitrogen and oxygen atoms in total. The third-order valence-corrected chi connectivity index (χ3v) is 5.50. The average Bonchev–Trinajstić information content (AvgIpc) is 2.62. The van der Waals surface area contributed by atoms with Crippen LogP contribution in [0.4, 0.5) is 0 Å². The van der Waals surface area contributed by atoms with Crippen molar-refractivity contribution in [3.8, 4) is 0 Å². The van der Waals surface area contributed by atoms with Gasteiger partial charge in [-0.3, -0.25) is 4.79 Å². The van der Waals surface area contributed by atoms with Crippen LogP contribution in [-0.4, -0.2) is 20.9 Å². The van der Waals surface area contributed by atoms with Crippen LogP contribution in [0.3, 0.4) is 0 Å². The topological polar surface area (TPSA) is 63.2 Å². The van der Waals surface area contributed by atoms with Crippen molar-refractivity contribution in [1.29, 1.82) is 0 Å². The summed E-state index contributed by atoms with van der Waals surface area (Å²) < 4.78 is 22.3. The van der Waals surface area contributed by atoms with Crippen molar-refractivity contribution in [1.82, 2.24) is 5.32 Å². The summed E-state index contributed by atoms with van der Waals surface area (Å²) >= 11 is 1.13. The summed E-state index contributed by atoms with van der Waals surface area (Å²) in [6.07, 6.45) is 1.08. The smallest absolute Gasteiger partial charge is 0.270 e. The molecule has 0 aromatic carbocycles. The van der Waals surface area contributed by atoms with Gasteiger partial charge in [0.25, 0.3) is 9.05 Å². The Hall–Kier alpha value is -0.590. The van der Waals surface area contributed by atoms with E-state index in [9.17, 15) is 13.2 Å². The van der Waals surface area contributed by atoms with Crippen molar-refractivity contribution >= 4 is 37.0 Å². The van der Waals surface area contributed by atoms with Gasteiger partial charge in [-0.2, -0.15) is 0 Å². The van der Waals surface area contributed by atoms with E-state index >= 15 is 0 Å². The van der Waals surface area contributed by atoms with E-state index in [2.05, 4.69) is 5.32 Å². The zero-order valence-corrected chi connectivity index (χ0v) is 13.6. The first-order valence-electron chi connectivity index (χ1n) is 5.88. The predicted molar refractivity (Wildman–Crippen MR) is 78.1 cm³/mol. The van der Waals surface area contributed by atoms with E-state index in [-0.39, 0.29) is 15.5 Å². The molecule has 1 aromatic heterocycles. The zero-order chi connectivity index (χ0) is 14.7. The molecule has 1 rings (SSSR count). The maximum Gasteiger partial charge on any atom is 0.270 e. The van der Waals surface area contributed by atoms with E-state index in [1.54, 1.807) is 6.07 Å². The monoisotopic (exact) mass is 323 g/mol. The molecule has 1 heterocycles. The van der Waals surface area contributed by atoms with Crippen molar-refractivity contribution < 1.29 is 13.2 Å². The molecule has 19 heavy (non-hydrogen) atoms. The first kappa shape index (κ1) is 16.5. The molecule has 0 aliphatic carbocycles. The number of rotatable bonds is 5. The molecule has 0 aliphatic rings. The maximum atomic E-state index is 11.6. The Labute approximate surface area is 122 Å². The Kier molecular flexibility index (Phi) is 5.41. The van der Waals surface area contributed by atoms with Gasteiger partial charge in [0.15, 0.2) is 0 Å². The average molecular weight is 324 g/mol. The van der Waals surface area contributed by atoms with Gasteiger partial charge in [-0.15, -0.1) is 11.3 Å². The van der Waals surface area contributed by atoms with Gasteiger partial charge in [0.1, 0.15) is 4.21 Å². The van der Waals surface area contributed by atoms with Crippen molar-refractivity contribution in [3.05, 3.63) is 17.0 Å². The van der Waals surface area contributed by atoms with Gasteiger partial charge in [0.05, 0.1) is 0 Å². The number of carbonyl (C=O) groups excluding carboxylic acids is 1. The number of nitrogens with one attached hydrogen (secondary N) is 1. The fourth-order valence-corrected chi connectivity index (χ4v) is 3.62. The molecule has 108 valence electrons. The lowest BCUT2D eigenvalue weighted by Crippen LogP contribution is -2.29. The summed E-state index contributed by atoms with van der Waals surface area (Å²) in [5, 5.41) is 2.82. The van der Waals surface area contributed by atoms with Gasteiger partial charge in [-0.25, -0.2) is 8.42 Å². The minimum atomic E-state index is -3.64. The van der Waals surface area contributed by atoms with E-state index in [4.69, 9.17) is 10.7 Å². The Morgan fingerprint density at radius 1 is 1.37 bits per heavy atom. The van der Waals surface area contributed by atoms with E-state index in [0.717, 1.165) is 16.2 Å². The van der Waals surface area contributed by atoms with E-state index in [1.807, 2.05) is 20.8 Å². The summed E-state index contributed by atoms with van der Waals surface area (Å²) in [6, 6.07) is 3.20. The van der Waals surface area contributed by atoms with Crippen molar-refractivity contribution in [2.45, 2.75) is 37.8 Å². The maximum absolute atomic E-state index is 11.6. The number of halogens is 1. The van der Waals surface area contributed by atoms with Crippen LogP contribution in [0.2, 0.25) is 0 Å². The molecule has 0 radical (unpaired) electrons. The molecule has 7 heteroatoms. The number of hydrogen-bond acceptors (Lipinski definition) is 4. The Balaban J connectivity index is 2.42. The van der Waals surface area contributed by atoms with Gasteiger partial charge in [0, 0.05) is 28.5 Å². The van der Waals surface area contributed by atoms with Crippen LogP contribution >= 0.6 is 22.0 Å². The minimum Gasteiger partial charge on any atom is -0.356 e. The molecule has 1 N–H and O–H groups in total. The fraction of sp³-hybridized carbons (Fsp3) is 0.583. The molecule has 0 fully saturated rings. The van der Waals surface area contributed by atoms with Gasteiger partial charge >= 0.3 is 0 Å². The van der Waals surface area contributed by atoms with Gasteiger partial charge < -0.3 is 5.32 Å². The van der Waals surface area contributed by atoms with Crippen LogP contribution in [0.1, 0.15) is 32.1 Å². The third-order valence-electron chi connectivity index (χ3n) is 2.26. The molecular weight excluding hydrogens is 306 g/mol. The molecule has 0 saturated carbocycles. The van der Waals surface area contributed by atoms with Crippen LogP contribution in [0, 0.1) is 5.41 Å². The lowest BCUT2D eigenvalue weighted by molar-refractivity contribution is -0.122. The molecule has 0 unspecified atom stereocenters. The van der Waals surface area contributed by atoms with E-state index in [0.29, 0.717) is 19.4 Å². The Bertz CT molecular complexity index is 544. The second kappa shape index (κ2) is 6.24. The van der Waals surface area contributed by atoms with Crippen LogP contribution in [0.15, 0.2) is 16.3 Å². The Morgan fingerprint density at radius 2 is 2.00 bits per heavy atom. The Morgan fingerprint density at radius 3 is 2.47 bits per heavy atom. The highest BCUT2D eigenvalue weighted by Crippen LogP contribution is 2.25. The van der Waals surface area contributed by atoms with Gasteiger partial charge in [-0.05, 0) is 24.0 Å². The SMILES string of the molecule is CC(C)(C)CC(=O)NCCc1ccc(S(=O)(=O)Cl)s1. The highest BCUT2D eigenvalue weighted by molar-refractivity contribution is 8.15. The van der Waals surface area contributed by atoms with E-state index < -0.39 is 9.05 Å². The largest absolute Gasteiger partial charge is 0.356 e. The predicted octanol–water partition coefficient (Wildman–Crippen LogP) is 2.77. The van der Waals surface area contributed by atoms with Crippen LogP contribution < -0.4 is 5.32 Å². The first-order valence-corrected chi connectivity index (χ1v) is 9.00. The summed E-state index contributed by atoms with van der Waals surface area (Å²) in [5.74, 6) is 0.00856. The molecule has 0 saturated heterocycles. The molecule has 0 aliphatic heterocycles. The molecule has 0 atom stereocenters. The molecule has 0 bridgehead atoms. The normalized spacial score (nSPS) is 12.4. The van der Waals surface area contributed by atoms with Gasteiger partial charge in [-0.1, -0.05) is 20.8 Å². The number of thiophene rings is 1. The lowest BCUT2D eigenvalue weighted by atomic mass is 9.92. The fourth-order valence-electron chi connectivity index (χ4n) is 1.49. The first-order chi connectivity index (χ1) is 8.58. The standard InChI is InChI=1S/C12H18ClNO3S2/c1-12(2,3)8-10(15)14-7-6-9-4-5-11(18-9)19(13,16)17/h4-5H,6-8H2,1-3H3,(H,14,15). The lowest BCUT2D eigenvalue weighted by Gasteiger charge is -2.17. The number of amides is 1. The quantitative estimate of drug-likeness (QED) is 0.847. The van der Waals surface area contributed by atoms with Crippen molar-refractivity contribution in [2.75, 3.05) is 6.54 Å². The highest BCUT2D eigenvalue weighted by Gasteiger charge is 2.16. The van der Waals surface area contributed by atoms with Crippen LogP contribution in [0.25, 0.3) is 0 Å². The summed E-state index contributed by atoms with van der Waals surface area (Å²) in [6.45, 7) is 6.51.